The zero-order valence-corrected chi connectivity index (χ0v) is 20.6. The molecule has 2 aromatic rings. The molecule has 1 N–H and O–H groups in total. The Bertz CT molecular complexity index is 882. The molecule has 0 heterocycles. The van der Waals surface area contributed by atoms with Crippen LogP contribution in [0.2, 0.25) is 0 Å². The van der Waals surface area contributed by atoms with Crippen LogP contribution in [0.5, 0.6) is 11.5 Å². The Labute approximate surface area is 198 Å². The highest BCUT2D eigenvalue weighted by atomic mass is 16.5. The molecule has 0 unspecified atom stereocenters. The number of amides is 2. The van der Waals surface area contributed by atoms with E-state index in [2.05, 4.69) is 5.32 Å². The Kier molecular flexibility index (Phi) is 10.7. The van der Waals surface area contributed by atoms with E-state index in [0.717, 1.165) is 29.0 Å². The van der Waals surface area contributed by atoms with Crippen LogP contribution in [0.15, 0.2) is 48.5 Å². The number of nitrogens with one attached hydrogen (secondary N) is 1. The van der Waals surface area contributed by atoms with Crippen LogP contribution in [0.4, 0.5) is 0 Å². The first kappa shape index (κ1) is 26.2. The zero-order chi connectivity index (χ0) is 24.2. The average Bonchev–Trinajstić information content (AvgIpc) is 2.83. The third-order valence-electron chi connectivity index (χ3n) is 5.85. The second-order valence-electron chi connectivity index (χ2n) is 8.32. The first-order valence-electron chi connectivity index (χ1n) is 11.8. The largest absolute Gasteiger partial charge is 0.497 e. The zero-order valence-electron chi connectivity index (χ0n) is 20.6. The van der Waals surface area contributed by atoms with Crippen molar-refractivity contribution in [2.45, 2.75) is 72.0 Å². The van der Waals surface area contributed by atoms with Crippen molar-refractivity contribution in [2.24, 2.45) is 0 Å². The molecule has 33 heavy (non-hydrogen) atoms. The van der Waals surface area contributed by atoms with E-state index in [9.17, 15) is 9.59 Å². The van der Waals surface area contributed by atoms with Gasteiger partial charge in [0.2, 0.25) is 11.8 Å². The number of methoxy groups -OCH3 is 1. The molecule has 0 fully saturated rings. The first-order chi connectivity index (χ1) is 15.9. The molecule has 0 bridgehead atoms. The van der Waals surface area contributed by atoms with Gasteiger partial charge < -0.3 is 19.7 Å². The minimum absolute atomic E-state index is 0.0391. The maximum Gasteiger partial charge on any atom is 0.243 e. The van der Waals surface area contributed by atoms with Gasteiger partial charge in [0.05, 0.1) is 13.7 Å². The van der Waals surface area contributed by atoms with Crippen LogP contribution in [0.25, 0.3) is 0 Å². The van der Waals surface area contributed by atoms with Gasteiger partial charge in [-0.15, -0.1) is 0 Å². The van der Waals surface area contributed by atoms with Gasteiger partial charge in [0, 0.05) is 19.0 Å². The first-order valence-corrected chi connectivity index (χ1v) is 11.8. The van der Waals surface area contributed by atoms with E-state index in [-0.39, 0.29) is 17.9 Å². The molecule has 180 valence electrons. The number of rotatable bonds is 13. The van der Waals surface area contributed by atoms with Crippen molar-refractivity contribution in [2.75, 3.05) is 13.7 Å². The molecular formula is C27H38N2O4. The summed E-state index contributed by atoms with van der Waals surface area (Å²) in [6.45, 7) is 8.83. The van der Waals surface area contributed by atoms with Crippen molar-refractivity contribution >= 4 is 11.8 Å². The monoisotopic (exact) mass is 454 g/mol. The number of benzene rings is 2. The van der Waals surface area contributed by atoms with E-state index in [1.165, 1.54) is 0 Å². The van der Waals surface area contributed by atoms with Crippen molar-refractivity contribution < 1.29 is 19.1 Å². The van der Waals surface area contributed by atoms with E-state index in [1.807, 2.05) is 76.2 Å². The van der Waals surface area contributed by atoms with Crippen molar-refractivity contribution in [3.63, 3.8) is 0 Å². The number of hydrogen-bond donors (Lipinski definition) is 1. The van der Waals surface area contributed by atoms with Crippen LogP contribution >= 0.6 is 0 Å². The average molecular weight is 455 g/mol. The number of carbonyl (C=O) groups excluding carboxylic acids is 2. The summed E-state index contributed by atoms with van der Waals surface area (Å²) < 4.78 is 10.9. The van der Waals surface area contributed by atoms with Crippen molar-refractivity contribution in [3.8, 4) is 11.5 Å². The highest BCUT2D eigenvalue weighted by Gasteiger charge is 2.29. The summed E-state index contributed by atoms with van der Waals surface area (Å²) in [6, 6.07) is 14.9. The van der Waals surface area contributed by atoms with Crippen LogP contribution in [0.3, 0.4) is 0 Å². The summed E-state index contributed by atoms with van der Waals surface area (Å²) in [5, 5.41) is 3.05. The predicted octanol–water partition coefficient (Wildman–Crippen LogP) is 4.88. The molecule has 0 saturated heterocycles. The van der Waals surface area contributed by atoms with Gasteiger partial charge in [-0.05, 0) is 68.5 Å². The lowest BCUT2D eigenvalue weighted by atomic mass is 10.0. The molecule has 0 saturated carbocycles. The smallest absolute Gasteiger partial charge is 0.243 e. The molecule has 0 aliphatic rings. The normalized spacial score (nSPS) is 12.5. The van der Waals surface area contributed by atoms with E-state index in [0.29, 0.717) is 32.4 Å². The molecule has 0 aliphatic carbocycles. The Balaban J connectivity index is 2.06. The Morgan fingerprint density at radius 2 is 1.67 bits per heavy atom. The van der Waals surface area contributed by atoms with Gasteiger partial charge in [0.15, 0.2) is 0 Å². The Morgan fingerprint density at radius 3 is 2.27 bits per heavy atom. The number of nitrogens with zero attached hydrogens (tertiary/aromatic N) is 1. The molecule has 2 aromatic carbocycles. The van der Waals surface area contributed by atoms with Gasteiger partial charge in [-0.25, -0.2) is 0 Å². The summed E-state index contributed by atoms with van der Waals surface area (Å²) in [4.78, 5) is 28.0. The summed E-state index contributed by atoms with van der Waals surface area (Å²) in [5.41, 5.74) is 2.16. The third-order valence-corrected chi connectivity index (χ3v) is 5.85. The van der Waals surface area contributed by atoms with Crippen LogP contribution in [-0.4, -0.2) is 42.5 Å². The molecule has 6 heteroatoms. The maximum atomic E-state index is 13.3. The van der Waals surface area contributed by atoms with E-state index >= 15 is 0 Å². The summed E-state index contributed by atoms with van der Waals surface area (Å²) in [5.74, 6) is 1.37. The van der Waals surface area contributed by atoms with Gasteiger partial charge in [-0.2, -0.15) is 0 Å². The highest BCUT2D eigenvalue weighted by Crippen LogP contribution is 2.19. The van der Waals surface area contributed by atoms with Crippen molar-refractivity contribution in [3.05, 3.63) is 59.7 Å². The highest BCUT2D eigenvalue weighted by molar-refractivity contribution is 5.87. The second-order valence-corrected chi connectivity index (χ2v) is 8.32. The lowest BCUT2D eigenvalue weighted by Gasteiger charge is -2.32. The third kappa shape index (κ3) is 8.12. The van der Waals surface area contributed by atoms with E-state index < -0.39 is 6.04 Å². The van der Waals surface area contributed by atoms with Gasteiger partial charge in [-0.1, -0.05) is 38.1 Å². The van der Waals surface area contributed by atoms with Crippen molar-refractivity contribution in [1.29, 1.82) is 0 Å². The topological polar surface area (TPSA) is 67.9 Å². The molecule has 6 nitrogen and oxygen atoms in total. The molecule has 2 atom stereocenters. The molecule has 2 rings (SSSR count). The summed E-state index contributed by atoms with van der Waals surface area (Å²) in [7, 11) is 1.62. The SMILES string of the molecule is CC[C@@H](C)NC(=O)[C@@H](CC)N(Cc1ccccc1C)C(=O)CCCOc1ccc(OC)cc1. The van der Waals surface area contributed by atoms with Crippen LogP contribution in [-0.2, 0) is 16.1 Å². The van der Waals surface area contributed by atoms with Gasteiger partial charge in [0.1, 0.15) is 17.5 Å². The van der Waals surface area contributed by atoms with Crippen LogP contribution < -0.4 is 14.8 Å². The fourth-order valence-corrected chi connectivity index (χ4v) is 3.56. The number of carbonyl (C=O) groups is 2. The lowest BCUT2D eigenvalue weighted by molar-refractivity contribution is -0.141. The molecule has 0 aliphatic heterocycles. The number of hydrogen-bond acceptors (Lipinski definition) is 4. The van der Waals surface area contributed by atoms with E-state index in [1.54, 1.807) is 12.0 Å². The molecular weight excluding hydrogens is 416 g/mol. The maximum absolute atomic E-state index is 13.3. The number of aryl methyl sites for hydroxylation is 1. The second kappa shape index (κ2) is 13.5. The number of ether oxygens (including phenoxy) is 2. The molecule has 0 spiro atoms. The standard InChI is InChI=1S/C27H38N2O4/c1-6-21(4)28-27(31)25(7-2)29(19-22-12-9-8-11-20(22)3)26(30)13-10-18-33-24-16-14-23(32-5)15-17-24/h8-9,11-12,14-17,21,25H,6-7,10,13,18-19H2,1-5H3,(H,28,31)/t21-,25-/m1/s1. The van der Waals surface area contributed by atoms with Crippen LogP contribution in [0, 0.1) is 6.92 Å². The summed E-state index contributed by atoms with van der Waals surface area (Å²) >= 11 is 0. The van der Waals surface area contributed by atoms with Crippen molar-refractivity contribution in [1.82, 2.24) is 10.2 Å². The van der Waals surface area contributed by atoms with Gasteiger partial charge >= 0.3 is 0 Å². The predicted molar refractivity (Wildman–Crippen MR) is 131 cm³/mol. The minimum Gasteiger partial charge on any atom is -0.497 e. The fraction of sp³-hybridized carbons (Fsp3) is 0.481. The quantitative estimate of drug-likeness (QED) is 0.438. The lowest BCUT2D eigenvalue weighted by Crippen LogP contribution is -2.50. The van der Waals surface area contributed by atoms with Crippen LogP contribution in [0.1, 0.15) is 57.6 Å². The van der Waals surface area contributed by atoms with Gasteiger partial charge in [0.25, 0.3) is 0 Å². The van der Waals surface area contributed by atoms with E-state index in [4.69, 9.17) is 9.47 Å². The Morgan fingerprint density at radius 1 is 1.00 bits per heavy atom. The summed E-state index contributed by atoms with van der Waals surface area (Å²) in [6.07, 6.45) is 2.28. The molecule has 0 radical (unpaired) electrons. The fourth-order valence-electron chi connectivity index (χ4n) is 3.56. The minimum atomic E-state index is -0.506. The van der Waals surface area contributed by atoms with Gasteiger partial charge in [-0.3, -0.25) is 9.59 Å². The molecule has 2 amide bonds. The Hall–Kier alpha value is -3.02. The molecule has 0 aromatic heterocycles.